The Morgan fingerprint density at radius 1 is 1.38 bits per heavy atom. The second-order valence-corrected chi connectivity index (χ2v) is 6.02. The molecule has 128 valence electrons. The van der Waals surface area contributed by atoms with E-state index >= 15 is 0 Å². The van der Waals surface area contributed by atoms with Gasteiger partial charge in [-0.15, -0.1) is 5.10 Å². The number of aromatic nitrogens is 3. The first kappa shape index (κ1) is 16.3. The van der Waals surface area contributed by atoms with Crippen LogP contribution in [0.15, 0.2) is 24.3 Å². The lowest BCUT2D eigenvalue weighted by Gasteiger charge is -2.35. The van der Waals surface area contributed by atoms with Gasteiger partial charge in [0, 0.05) is 13.6 Å². The molecule has 1 aliphatic rings. The van der Waals surface area contributed by atoms with Gasteiger partial charge >= 0.3 is 6.03 Å². The molecule has 0 unspecified atom stereocenters. The molecular formula is C17H23N5O2. The van der Waals surface area contributed by atoms with Crippen LogP contribution in [-0.2, 0) is 7.05 Å². The summed E-state index contributed by atoms with van der Waals surface area (Å²) in [5, 5.41) is 7.01. The third-order valence-corrected chi connectivity index (χ3v) is 4.44. The van der Waals surface area contributed by atoms with Crippen LogP contribution in [0.1, 0.15) is 36.7 Å². The summed E-state index contributed by atoms with van der Waals surface area (Å²) in [7, 11) is 3.46. The van der Waals surface area contributed by atoms with Gasteiger partial charge in [-0.05, 0) is 43.9 Å². The zero-order valence-electron chi connectivity index (χ0n) is 14.3. The van der Waals surface area contributed by atoms with Crippen molar-refractivity contribution in [2.24, 2.45) is 7.05 Å². The maximum absolute atomic E-state index is 12.7. The van der Waals surface area contributed by atoms with Gasteiger partial charge in [0.1, 0.15) is 11.6 Å². The number of carbonyl (C=O) groups is 1. The van der Waals surface area contributed by atoms with Gasteiger partial charge in [-0.2, -0.15) is 4.98 Å². The fourth-order valence-electron chi connectivity index (χ4n) is 3.05. The molecule has 1 saturated heterocycles. The van der Waals surface area contributed by atoms with Crippen LogP contribution in [0, 0.1) is 6.92 Å². The number of benzene rings is 1. The summed E-state index contributed by atoms with van der Waals surface area (Å²) in [5.74, 6) is 1.91. The fraction of sp³-hybridized carbons (Fsp3) is 0.471. The minimum Gasteiger partial charge on any atom is -0.497 e. The Kier molecular flexibility index (Phi) is 4.69. The smallest absolute Gasteiger partial charge is 0.324 e. The van der Waals surface area contributed by atoms with Gasteiger partial charge in [0.2, 0.25) is 5.95 Å². The summed E-state index contributed by atoms with van der Waals surface area (Å²) >= 11 is 0. The average Bonchev–Trinajstić information content (AvgIpc) is 2.92. The van der Waals surface area contributed by atoms with Crippen molar-refractivity contribution < 1.29 is 9.53 Å². The highest BCUT2D eigenvalue weighted by molar-refractivity contribution is 5.87. The number of carbonyl (C=O) groups excluding carboxylic acids is 1. The summed E-state index contributed by atoms with van der Waals surface area (Å²) in [5.41, 5.74) is 1.09. The molecule has 1 N–H and O–H groups in total. The third kappa shape index (κ3) is 3.34. The lowest BCUT2D eigenvalue weighted by Crippen LogP contribution is -2.41. The number of hydrogen-bond acceptors (Lipinski definition) is 4. The normalized spacial score (nSPS) is 17.6. The van der Waals surface area contributed by atoms with Crippen molar-refractivity contribution in [2.45, 2.75) is 32.2 Å². The van der Waals surface area contributed by atoms with Crippen LogP contribution >= 0.6 is 0 Å². The SMILES string of the molecule is COc1cccc([C@@H]2CCCCN2C(=O)Nc2nc(C)n(C)n2)c1. The first-order chi connectivity index (χ1) is 11.6. The number of anilines is 1. The molecule has 1 aromatic heterocycles. The predicted molar refractivity (Wildman–Crippen MR) is 91.1 cm³/mol. The Morgan fingerprint density at radius 3 is 2.92 bits per heavy atom. The van der Waals surface area contributed by atoms with Crippen molar-refractivity contribution in [1.82, 2.24) is 19.7 Å². The largest absolute Gasteiger partial charge is 0.497 e. The van der Waals surface area contributed by atoms with Gasteiger partial charge < -0.3 is 9.64 Å². The zero-order chi connectivity index (χ0) is 17.1. The molecular weight excluding hydrogens is 306 g/mol. The van der Waals surface area contributed by atoms with Crippen LogP contribution in [0.3, 0.4) is 0 Å². The second-order valence-electron chi connectivity index (χ2n) is 6.02. The molecule has 0 spiro atoms. The lowest BCUT2D eigenvalue weighted by molar-refractivity contribution is 0.163. The number of urea groups is 1. The van der Waals surface area contributed by atoms with Crippen LogP contribution in [0.5, 0.6) is 5.75 Å². The Bertz CT molecular complexity index is 708. The minimum atomic E-state index is -0.159. The van der Waals surface area contributed by atoms with E-state index in [1.54, 1.807) is 18.8 Å². The maximum atomic E-state index is 12.7. The van der Waals surface area contributed by atoms with E-state index in [4.69, 9.17) is 4.74 Å². The molecule has 0 aliphatic carbocycles. The Morgan fingerprint density at radius 2 is 2.21 bits per heavy atom. The van der Waals surface area contributed by atoms with Crippen molar-refractivity contribution >= 4 is 12.0 Å². The molecule has 2 amide bonds. The lowest BCUT2D eigenvalue weighted by atomic mass is 9.95. The quantitative estimate of drug-likeness (QED) is 0.940. The molecule has 7 nitrogen and oxygen atoms in total. The molecule has 3 rings (SSSR count). The molecule has 0 bridgehead atoms. The molecule has 2 heterocycles. The number of piperidine rings is 1. The highest BCUT2D eigenvalue weighted by atomic mass is 16.5. The van der Waals surface area contributed by atoms with Gasteiger partial charge in [-0.3, -0.25) is 10.00 Å². The van der Waals surface area contributed by atoms with E-state index < -0.39 is 0 Å². The number of methoxy groups -OCH3 is 1. The minimum absolute atomic E-state index is 0.0404. The van der Waals surface area contributed by atoms with E-state index in [0.717, 1.165) is 42.9 Å². The number of ether oxygens (including phenoxy) is 1. The predicted octanol–water partition coefficient (Wildman–Crippen LogP) is 2.89. The van der Waals surface area contributed by atoms with Crippen molar-refractivity contribution in [3.63, 3.8) is 0 Å². The number of likely N-dealkylation sites (tertiary alicyclic amines) is 1. The molecule has 1 aliphatic heterocycles. The Labute approximate surface area is 141 Å². The first-order valence-corrected chi connectivity index (χ1v) is 8.17. The van der Waals surface area contributed by atoms with Gasteiger partial charge in [-0.1, -0.05) is 12.1 Å². The summed E-state index contributed by atoms with van der Waals surface area (Å²) < 4.78 is 6.96. The number of rotatable bonds is 3. The summed E-state index contributed by atoms with van der Waals surface area (Å²) in [6, 6.07) is 7.80. The standard InChI is InChI=1S/C17H23N5O2/c1-12-18-16(20-21(12)2)19-17(23)22-10-5-4-9-15(22)13-7-6-8-14(11-13)24-3/h6-8,11,15H,4-5,9-10H2,1-3H3,(H,19,20,23)/t15-/m0/s1. The van der Waals surface area contributed by atoms with E-state index in [-0.39, 0.29) is 12.1 Å². The summed E-state index contributed by atoms with van der Waals surface area (Å²) in [6.07, 6.45) is 3.05. The number of nitrogens with zero attached hydrogens (tertiary/aromatic N) is 4. The number of amides is 2. The third-order valence-electron chi connectivity index (χ3n) is 4.44. The van der Waals surface area contributed by atoms with Crippen molar-refractivity contribution in [2.75, 3.05) is 19.0 Å². The Hall–Kier alpha value is -2.57. The van der Waals surface area contributed by atoms with E-state index in [0.29, 0.717) is 5.95 Å². The van der Waals surface area contributed by atoms with E-state index in [9.17, 15) is 4.79 Å². The zero-order valence-corrected chi connectivity index (χ0v) is 14.3. The molecule has 0 radical (unpaired) electrons. The van der Waals surface area contributed by atoms with E-state index in [2.05, 4.69) is 15.4 Å². The van der Waals surface area contributed by atoms with Crippen molar-refractivity contribution in [1.29, 1.82) is 0 Å². The number of aryl methyl sites for hydroxylation is 2. The van der Waals surface area contributed by atoms with Gasteiger partial charge in [0.25, 0.3) is 0 Å². The molecule has 24 heavy (non-hydrogen) atoms. The van der Waals surface area contributed by atoms with Gasteiger partial charge in [-0.25, -0.2) is 4.79 Å². The van der Waals surface area contributed by atoms with Crippen LogP contribution in [0.2, 0.25) is 0 Å². The van der Waals surface area contributed by atoms with Crippen LogP contribution in [-0.4, -0.2) is 39.4 Å². The highest BCUT2D eigenvalue weighted by Crippen LogP contribution is 2.32. The summed E-state index contributed by atoms with van der Waals surface area (Å²) in [4.78, 5) is 18.8. The monoisotopic (exact) mass is 329 g/mol. The van der Waals surface area contributed by atoms with Gasteiger partial charge in [0.15, 0.2) is 0 Å². The molecule has 1 aromatic carbocycles. The summed E-state index contributed by atoms with van der Waals surface area (Å²) in [6.45, 7) is 2.57. The Balaban J connectivity index is 1.79. The molecule has 1 atom stereocenters. The molecule has 2 aromatic rings. The van der Waals surface area contributed by atoms with Crippen molar-refractivity contribution in [3.05, 3.63) is 35.7 Å². The van der Waals surface area contributed by atoms with Crippen LogP contribution < -0.4 is 10.1 Å². The molecule has 0 saturated carbocycles. The topological polar surface area (TPSA) is 72.3 Å². The molecule has 1 fully saturated rings. The first-order valence-electron chi connectivity index (χ1n) is 8.17. The highest BCUT2D eigenvalue weighted by Gasteiger charge is 2.29. The fourth-order valence-corrected chi connectivity index (χ4v) is 3.05. The van der Waals surface area contributed by atoms with E-state index in [1.165, 1.54) is 0 Å². The van der Waals surface area contributed by atoms with Crippen LogP contribution in [0.25, 0.3) is 0 Å². The maximum Gasteiger partial charge on any atom is 0.324 e. The molecule has 7 heteroatoms. The van der Waals surface area contributed by atoms with Gasteiger partial charge in [0.05, 0.1) is 13.2 Å². The number of nitrogens with one attached hydrogen (secondary N) is 1. The second kappa shape index (κ2) is 6.90. The average molecular weight is 329 g/mol. The van der Waals surface area contributed by atoms with E-state index in [1.807, 2.05) is 36.1 Å². The number of hydrogen-bond donors (Lipinski definition) is 1. The van der Waals surface area contributed by atoms with Crippen molar-refractivity contribution in [3.8, 4) is 5.75 Å². The van der Waals surface area contributed by atoms with Crippen LogP contribution in [0.4, 0.5) is 10.7 Å².